The Hall–Kier alpha value is -1.92. The maximum absolute atomic E-state index is 12.2. The van der Waals surface area contributed by atoms with Crippen molar-refractivity contribution in [3.05, 3.63) is 44.4 Å². The zero-order chi connectivity index (χ0) is 16.4. The number of rotatable bonds is 4. The Balaban J connectivity index is 2.16. The molecule has 5 nitrogen and oxygen atoms in total. The van der Waals surface area contributed by atoms with Gasteiger partial charge in [0.2, 0.25) is 5.91 Å². The molecule has 2 rings (SSSR count). The molecule has 1 aromatic carbocycles. The quantitative estimate of drug-likeness (QED) is 0.929. The number of hydrogen-bond donors (Lipinski definition) is 1. The molecule has 0 aliphatic rings. The second-order valence-electron chi connectivity index (χ2n) is 4.93. The van der Waals surface area contributed by atoms with E-state index in [2.05, 4.69) is 10.3 Å². The standard InChI is InChI=1S/C15H15ClN2O3S/c1-7-4-5-10(6-11(7)16)18-13(19)8(2)14-17-9(3)12(22-14)15(20)21/h4-6,8H,1-3H3,(H,18,19)(H,20,21)/p-1/t8-/m1/s1. The molecule has 22 heavy (non-hydrogen) atoms. The van der Waals surface area contributed by atoms with E-state index < -0.39 is 11.9 Å². The van der Waals surface area contributed by atoms with E-state index in [1.165, 1.54) is 0 Å². The average Bonchev–Trinajstić information content (AvgIpc) is 2.84. The lowest BCUT2D eigenvalue weighted by Gasteiger charge is -2.10. The number of anilines is 1. The Bertz CT molecular complexity index is 742. The maximum atomic E-state index is 12.2. The summed E-state index contributed by atoms with van der Waals surface area (Å²) in [7, 11) is 0. The lowest BCUT2D eigenvalue weighted by Crippen LogP contribution is -2.21. The zero-order valence-corrected chi connectivity index (χ0v) is 13.8. The summed E-state index contributed by atoms with van der Waals surface area (Å²) in [5, 5.41) is 14.7. The van der Waals surface area contributed by atoms with Crippen LogP contribution < -0.4 is 10.4 Å². The van der Waals surface area contributed by atoms with Crippen LogP contribution in [0.1, 0.15) is 38.8 Å². The van der Waals surface area contributed by atoms with Gasteiger partial charge in [-0.05, 0) is 38.5 Å². The van der Waals surface area contributed by atoms with Crippen molar-refractivity contribution in [2.24, 2.45) is 0 Å². The number of hydrogen-bond acceptors (Lipinski definition) is 5. The van der Waals surface area contributed by atoms with Crippen LogP contribution in [0.25, 0.3) is 0 Å². The number of amides is 1. The molecule has 2 aromatic rings. The summed E-state index contributed by atoms with van der Waals surface area (Å²) in [6.45, 7) is 5.12. The molecule has 0 aliphatic heterocycles. The van der Waals surface area contributed by atoms with E-state index in [0.29, 0.717) is 21.4 Å². The lowest BCUT2D eigenvalue weighted by molar-refractivity contribution is -0.254. The molecule has 1 heterocycles. The van der Waals surface area contributed by atoms with E-state index in [-0.39, 0.29) is 10.8 Å². The molecule has 1 aromatic heterocycles. The largest absolute Gasteiger partial charge is 0.544 e. The van der Waals surface area contributed by atoms with Crippen molar-refractivity contribution in [2.75, 3.05) is 5.32 Å². The van der Waals surface area contributed by atoms with Gasteiger partial charge in [-0.3, -0.25) is 4.79 Å². The second kappa shape index (κ2) is 6.46. The zero-order valence-electron chi connectivity index (χ0n) is 12.3. The van der Waals surface area contributed by atoms with Gasteiger partial charge in [-0.2, -0.15) is 0 Å². The minimum Gasteiger partial charge on any atom is -0.544 e. The van der Waals surface area contributed by atoms with Crippen LogP contribution in [0.15, 0.2) is 18.2 Å². The monoisotopic (exact) mass is 337 g/mol. The van der Waals surface area contributed by atoms with E-state index in [4.69, 9.17) is 11.6 Å². The first-order valence-corrected chi connectivity index (χ1v) is 7.74. The van der Waals surface area contributed by atoms with Crippen molar-refractivity contribution >= 4 is 40.5 Å². The van der Waals surface area contributed by atoms with Gasteiger partial charge >= 0.3 is 0 Å². The Labute approximate surface area is 137 Å². The third-order valence-electron chi connectivity index (χ3n) is 3.20. The van der Waals surface area contributed by atoms with Crippen molar-refractivity contribution in [1.82, 2.24) is 4.98 Å². The van der Waals surface area contributed by atoms with Crippen LogP contribution in [0.2, 0.25) is 5.02 Å². The lowest BCUT2D eigenvalue weighted by atomic mass is 10.1. The highest BCUT2D eigenvalue weighted by molar-refractivity contribution is 7.13. The topological polar surface area (TPSA) is 82.1 Å². The first-order valence-electron chi connectivity index (χ1n) is 6.55. The molecule has 0 fully saturated rings. The first kappa shape index (κ1) is 16.5. The summed E-state index contributed by atoms with van der Waals surface area (Å²) in [6, 6.07) is 5.23. The number of halogens is 1. The van der Waals surface area contributed by atoms with Crippen LogP contribution in [0.4, 0.5) is 5.69 Å². The first-order chi connectivity index (χ1) is 10.3. The summed E-state index contributed by atoms with van der Waals surface area (Å²) in [5.74, 6) is -2.13. The normalized spacial score (nSPS) is 12.0. The van der Waals surface area contributed by atoms with Gasteiger partial charge in [0, 0.05) is 10.7 Å². The van der Waals surface area contributed by atoms with E-state index in [0.717, 1.165) is 16.9 Å². The number of benzene rings is 1. The maximum Gasteiger partial charge on any atom is 0.234 e. The van der Waals surface area contributed by atoms with Crippen molar-refractivity contribution in [3.63, 3.8) is 0 Å². The molecule has 0 unspecified atom stereocenters. The van der Waals surface area contributed by atoms with E-state index >= 15 is 0 Å². The highest BCUT2D eigenvalue weighted by atomic mass is 35.5. The predicted octanol–water partition coefficient (Wildman–Crippen LogP) is 2.52. The van der Waals surface area contributed by atoms with Crippen LogP contribution in [0, 0.1) is 13.8 Å². The number of carboxylic acids is 1. The SMILES string of the molecule is Cc1ccc(NC(=O)[C@@H](C)c2nc(C)c(C(=O)[O-])s2)cc1Cl. The van der Waals surface area contributed by atoms with Crippen molar-refractivity contribution in [2.45, 2.75) is 26.7 Å². The minimum absolute atomic E-state index is 0.0491. The second-order valence-corrected chi connectivity index (χ2v) is 6.37. The number of carbonyl (C=O) groups is 2. The van der Waals surface area contributed by atoms with E-state index in [1.807, 2.05) is 13.0 Å². The predicted molar refractivity (Wildman–Crippen MR) is 84.4 cm³/mol. The number of carboxylic acid groups (broad SMARTS) is 1. The number of carbonyl (C=O) groups excluding carboxylic acids is 2. The molecular formula is C15H14ClN2O3S-. The summed E-state index contributed by atoms with van der Waals surface area (Å²) in [5.41, 5.74) is 1.86. The molecular weight excluding hydrogens is 324 g/mol. The highest BCUT2D eigenvalue weighted by Gasteiger charge is 2.21. The van der Waals surface area contributed by atoms with Crippen LogP contribution >= 0.6 is 22.9 Å². The molecule has 0 saturated carbocycles. The van der Waals surface area contributed by atoms with E-state index in [9.17, 15) is 14.7 Å². The third kappa shape index (κ3) is 3.45. The third-order valence-corrected chi connectivity index (χ3v) is 4.93. The number of nitrogens with one attached hydrogen (secondary N) is 1. The molecule has 1 amide bonds. The molecule has 1 atom stereocenters. The fourth-order valence-electron chi connectivity index (χ4n) is 1.83. The number of aromatic nitrogens is 1. The van der Waals surface area contributed by atoms with Gasteiger partial charge in [-0.25, -0.2) is 4.98 Å². The van der Waals surface area contributed by atoms with Gasteiger partial charge in [0.05, 0.1) is 22.5 Å². The van der Waals surface area contributed by atoms with Gasteiger partial charge in [0.15, 0.2) is 0 Å². The molecule has 0 saturated heterocycles. The smallest absolute Gasteiger partial charge is 0.234 e. The van der Waals surface area contributed by atoms with Gasteiger partial charge in [0.1, 0.15) is 5.01 Å². The molecule has 0 aliphatic carbocycles. The van der Waals surface area contributed by atoms with Crippen molar-refractivity contribution in [1.29, 1.82) is 0 Å². The van der Waals surface area contributed by atoms with Crippen LogP contribution in [0.5, 0.6) is 0 Å². The van der Waals surface area contributed by atoms with Gasteiger partial charge < -0.3 is 15.2 Å². The minimum atomic E-state index is -1.28. The number of aryl methyl sites for hydroxylation is 2. The van der Waals surface area contributed by atoms with Crippen molar-refractivity contribution < 1.29 is 14.7 Å². The van der Waals surface area contributed by atoms with Gasteiger partial charge in [-0.1, -0.05) is 17.7 Å². The molecule has 0 spiro atoms. The summed E-state index contributed by atoms with van der Waals surface area (Å²) in [6.07, 6.45) is 0. The molecule has 116 valence electrons. The Morgan fingerprint density at radius 1 is 1.36 bits per heavy atom. The molecule has 0 radical (unpaired) electrons. The summed E-state index contributed by atoms with van der Waals surface area (Å²) >= 11 is 6.98. The number of thiazole rings is 1. The van der Waals surface area contributed by atoms with Crippen molar-refractivity contribution in [3.8, 4) is 0 Å². The van der Waals surface area contributed by atoms with Crippen LogP contribution in [0.3, 0.4) is 0 Å². The number of aromatic carboxylic acids is 1. The molecule has 1 N–H and O–H groups in total. The van der Waals surface area contributed by atoms with Crippen LogP contribution in [-0.4, -0.2) is 16.9 Å². The van der Waals surface area contributed by atoms with Gasteiger partial charge in [-0.15, -0.1) is 11.3 Å². The molecule has 7 heteroatoms. The van der Waals surface area contributed by atoms with Gasteiger partial charge in [0.25, 0.3) is 0 Å². The van der Waals surface area contributed by atoms with Crippen LogP contribution in [-0.2, 0) is 4.79 Å². The highest BCUT2D eigenvalue weighted by Crippen LogP contribution is 2.26. The average molecular weight is 338 g/mol. The Kier molecular flexibility index (Phi) is 4.83. The Morgan fingerprint density at radius 2 is 2.05 bits per heavy atom. The fraction of sp³-hybridized carbons (Fsp3) is 0.267. The van der Waals surface area contributed by atoms with E-state index in [1.54, 1.807) is 26.0 Å². The fourth-order valence-corrected chi connectivity index (χ4v) is 2.96. The number of nitrogens with zero attached hydrogens (tertiary/aromatic N) is 1. The molecule has 0 bridgehead atoms. The Morgan fingerprint density at radius 3 is 2.59 bits per heavy atom. The summed E-state index contributed by atoms with van der Waals surface area (Å²) in [4.78, 5) is 27.4. The summed E-state index contributed by atoms with van der Waals surface area (Å²) < 4.78 is 0.